The molecule has 2 heterocycles. The molecule has 1 aliphatic rings. The fraction of sp³-hybridized carbons (Fsp3) is 0.190. The van der Waals surface area contributed by atoms with Gasteiger partial charge in [0.2, 0.25) is 5.91 Å². The number of para-hydroxylation sites is 1. The lowest BCUT2D eigenvalue weighted by molar-refractivity contribution is -0.119. The molecule has 26 heavy (non-hydrogen) atoms. The van der Waals surface area contributed by atoms with E-state index in [4.69, 9.17) is 4.74 Å². The van der Waals surface area contributed by atoms with Gasteiger partial charge in [-0.25, -0.2) is 0 Å². The van der Waals surface area contributed by atoms with Gasteiger partial charge in [0, 0.05) is 30.0 Å². The van der Waals surface area contributed by atoms with Gasteiger partial charge in [-0.15, -0.1) is 10.2 Å². The molecular formula is C21H19N3O2. The number of nitrogens with one attached hydrogen (secondary N) is 1. The van der Waals surface area contributed by atoms with Gasteiger partial charge in [0.25, 0.3) is 0 Å². The third kappa shape index (κ3) is 3.16. The van der Waals surface area contributed by atoms with E-state index < -0.39 is 0 Å². The van der Waals surface area contributed by atoms with Crippen molar-refractivity contribution in [2.45, 2.75) is 12.3 Å². The Morgan fingerprint density at radius 3 is 2.35 bits per heavy atom. The second-order valence-electron chi connectivity index (χ2n) is 6.33. The van der Waals surface area contributed by atoms with Gasteiger partial charge in [0.15, 0.2) is 0 Å². The quantitative estimate of drug-likeness (QED) is 0.787. The van der Waals surface area contributed by atoms with E-state index in [0.29, 0.717) is 13.0 Å². The van der Waals surface area contributed by atoms with E-state index in [1.54, 1.807) is 7.11 Å². The van der Waals surface area contributed by atoms with Crippen molar-refractivity contribution < 1.29 is 9.53 Å². The third-order valence-corrected chi connectivity index (χ3v) is 4.70. The van der Waals surface area contributed by atoms with Crippen molar-refractivity contribution in [3.05, 3.63) is 66.2 Å². The molecule has 5 nitrogen and oxygen atoms in total. The maximum absolute atomic E-state index is 11.4. The number of hydrogen-bond acceptors (Lipinski definition) is 4. The predicted molar refractivity (Wildman–Crippen MR) is 99.8 cm³/mol. The lowest BCUT2D eigenvalue weighted by atomic mass is 9.96. The Bertz CT molecular complexity index is 921. The van der Waals surface area contributed by atoms with E-state index in [0.717, 1.165) is 28.3 Å². The molecule has 5 heteroatoms. The van der Waals surface area contributed by atoms with E-state index in [2.05, 4.69) is 27.6 Å². The van der Waals surface area contributed by atoms with Crippen LogP contribution in [-0.2, 0) is 4.79 Å². The fourth-order valence-electron chi connectivity index (χ4n) is 3.25. The van der Waals surface area contributed by atoms with Crippen molar-refractivity contribution in [1.82, 2.24) is 15.5 Å². The minimum atomic E-state index is 0.122. The monoisotopic (exact) mass is 345 g/mol. The predicted octanol–water partition coefficient (Wildman–Crippen LogP) is 3.42. The smallest absolute Gasteiger partial charge is 0.220 e. The molecular weight excluding hydrogens is 326 g/mol. The summed E-state index contributed by atoms with van der Waals surface area (Å²) < 4.78 is 5.39. The summed E-state index contributed by atoms with van der Waals surface area (Å²) in [4.78, 5) is 11.4. The first-order valence-electron chi connectivity index (χ1n) is 8.59. The zero-order valence-corrected chi connectivity index (χ0v) is 14.5. The summed E-state index contributed by atoms with van der Waals surface area (Å²) in [6.07, 6.45) is 0.562. The van der Waals surface area contributed by atoms with E-state index in [-0.39, 0.29) is 11.8 Å². The van der Waals surface area contributed by atoms with Crippen molar-refractivity contribution in [2.24, 2.45) is 0 Å². The van der Waals surface area contributed by atoms with Crippen molar-refractivity contribution in [3.8, 4) is 28.3 Å². The van der Waals surface area contributed by atoms with Crippen molar-refractivity contribution in [1.29, 1.82) is 0 Å². The van der Waals surface area contributed by atoms with Crippen LogP contribution in [-0.4, -0.2) is 29.8 Å². The molecule has 0 saturated carbocycles. The highest BCUT2D eigenvalue weighted by molar-refractivity contribution is 5.79. The van der Waals surface area contributed by atoms with Gasteiger partial charge in [0.1, 0.15) is 5.75 Å². The van der Waals surface area contributed by atoms with Crippen LogP contribution in [0, 0.1) is 0 Å². The van der Waals surface area contributed by atoms with Crippen molar-refractivity contribution in [2.75, 3.05) is 13.7 Å². The van der Waals surface area contributed by atoms with Crippen LogP contribution in [0.1, 0.15) is 17.9 Å². The largest absolute Gasteiger partial charge is 0.496 e. The van der Waals surface area contributed by atoms with E-state index in [9.17, 15) is 4.79 Å². The molecule has 0 bridgehead atoms. The van der Waals surface area contributed by atoms with Crippen LogP contribution in [0.4, 0.5) is 0 Å². The SMILES string of the molecule is COc1ccccc1-c1ccc(-c2ccc(C3CNC(=O)C3)cc2)nn1. The van der Waals surface area contributed by atoms with Gasteiger partial charge < -0.3 is 10.1 Å². The topological polar surface area (TPSA) is 64.1 Å². The van der Waals surface area contributed by atoms with Crippen LogP contribution >= 0.6 is 0 Å². The highest BCUT2D eigenvalue weighted by Gasteiger charge is 2.22. The maximum Gasteiger partial charge on any atom is 0.220 e. The second kappa shape index (κ2) is 6.96. The minimum Gasteiger partial charge on any atom is -0.496 e. The number of methoxy groups -OCH3 is 1. The molecule has 1 aliphatic heterocycles. The van der Waals surface area contributed by atoms with Crippen LogP contribution in [0.2, 0.25) is 0 Å². The molecule has 0 spiro atoms. The van der Waals surface area contributed by atoms with Crippen LogP contribution in [0.5, 0.6) is 5.75 Å². The number of ether oxygens (including phenoxy) is 1. The average Bonchev–Trinajstić information content (AvgIpc) is 3.14. The van der Waals surface area contributed by atoms with Crippen molar-refractivity contribution >= 4 is 5.91 Å². The summed E-state index contributed by atoms with van der Waals surface area (Å²) in [7, 11) is 1.65. The number of carbonyl (C=O) groups is 1. The average molecular weight is 345 g/mol. The summed E-state index contributed by atoms with van der Waals surface area (Å²) >= 11 is 0. The number of nitrogens with zero attached hydrogens (tertiary/aromatic N) is 2. The van der Waals surface area contributed by atoms with Crippen LogP contribution in [0.3, 0.4) is 0 Å². The number of benzene rings is 2. The Morgan fingerprint density at radius 2 is 1.69 bits per heavy atom. The standard InChI is InChI=1S/C21H19N3O2/c1-26-20-5-3-2-4-17(20)19-11-10-18(23-24-19)15-8-6-14(7-9-15)16-12-21(25)22-13-16/h2-11,16H,12-13H2,1H3,(H,22,25). The lowest BCUT2D eigenvalue weighted by Gasteiger charge is -2.09. The first-order valence-corrected chi connectivity index (χ1v) is 8.59. The van der Waals surface area contributed by atoms with Gasteiger partial charge in [-0.3, -0.25) is 4.79 Å². The Hall–Kier alpha value is -3.21. The van der Waals surface area contributed by atoms with E-state index in [1.165, 1.54) is 5.56 Å². The molecule has 1 atom stereocenters. The van der Waals surface area contributed by atoms with E-state index >= 15 is 0 Å². The molecule has 130 valence electrons. The molecule has 1 unspecified atom stereocenters. The summed E-state index contributed by atoms with van der Waals surface area (Å²) in [6.45, 7) is 0.714. The first-order chi connectivity index (χ1) is 12.7. The molecule has 1 amide bonds. The number of carbonyl (C=O) groups excluding carboxylic acids is 1. The normalized spacial score (nSPS) is 16.3. The van der Waals surface area contributed by atoms with Crippen LogP contribution in [0.25, 0.3) is 22.5 Å². The van der Waals surface area contributed by atoms with E-state index in [1.807, 2.05) is 48.5 Å². The van der Waals surface area contributed by atoms with Gasteiger partial charge >= 0.3 is 0 Å². The lowest BCUT2D eigenvalue weighted by Crippen LogP contribution is -2.13. The Labute approximate surface area is 152 Å². The summed E-state index contributed by atoms with van der Waals surface area (Å²) in [6, 6.07) is 19.9. The zero-order chi connectivity index (χ0) is 17.9. The maximum atomic E-state index is 11.4. The molecule has 1 aromatic heterocycles. The summed E-state index contributed by atoms with van der Waals surface area (Å²) in [5, 5.41) is 11.6. The Kier molecular flexibility index (Phi) is 4.35. The number of amides is 1. The Balaban J connectivity index is 1.56. The highest BCUT2D eigenvalue weighted by Crippen LogP contribution is 2.29. The van der Waals surface area contributed by atoms with Gasteiger partial charge in [-0.1, -0.05) is 36.4 Å². The molecule has 1 fully saturated rings. The van der Waals surface area contributed by atoms with Gasteiger partial charge in [-0.2, -0.15) is 0 Å². The molecule has 1 saturated heterocycles. The first kappa shape index (κ1) is 16.3. The minimum absolute atomic E-state index is 0.122. The highest BCUT2D eigenvalue weighted by atomic mass is 16.5. The van der Waals surface area contributed by atoms with Gasteiger partial charge in [0.05, 0.1) is 18.5 Å². The van der Waals surface area contributed by atoms with Gasteiger partial charge in [-0.05, 0) is 29.8 Å². The third-order valence-electron chi connectivity index (χ3n) is 4.70. The van der Waals surface area contributed by atoms with Crippen molar-refractivity contribution in [3.63, 3.8) is 0 Å². The molecule has 3 aromatic rings. The molecule has 1 N–H and O–H groups in total. The number of rotatable bonds is 4. The molecule has 2 aromatic carbocycles. The fourth-order valence-corrected chi connectivity index (χ4v) is 3.25. The van der Waals surface area contributed by atoms with Crippen LogP contribution in [0.15, 0.2) is 60.7 Å². The summed E-state index contributed by atoms with van der Waals surface area (Å²) in [5.74, 6) is 1.16. The number of aromatic nitrogens is 2. The van der Waals surface area contributed by atoms with Crippen LogP contribution < -0.4 is 10.1 Å². The Morgan fingerprint density at radius 1 is 0.962 bits per heavy atom. The summed E-state index contributed by atoms with van der Waals surface area (Å²) in [5.41, 5.74) is 4.69. The zero-order valence-electron chi connectivity index (χ0n) is 14.5. The molecule has 4 rings (SSSR count). The molecule has 0 radical (unpaired) electrons. The second-order valence-corrected chi connectivity index (χ2v) is 6.33. The molecule has 0 aliphatic carbocycles. The number of hydrogen-bond donors (Lipinski definition) is 1.